The molecule has 0 spiro atoms. The highest BCUT2D eigenvalue weighted by Crippen LogP contribution is 2.33. The highest BCUT2D eigenvalue weighted by molar-refractivity contribution is 7.93. The lowest BCUT2D eigenvalue weighted by Crippen LogP contribution is -2.37. The maximum absolute atomic E-state index is 13.6. The summed E-state index contributed by atoms with van der Waals surface area (Å²) >= 11 is 0. The van der Waals surface area contributed by atoms with Crippen LogP contribution >= 0.6 is 0 Å². The summed E-state index contributed by atoms with van der Waals surface area (Å²) in [7, 11) is -4.51. The monoisotopic (exact) mass is 278 g/mol. The average Bonchev–Trinajstić information content (AvgIpc) is 2.28. The molecule has 0 fully saturated rings. The van der Waals surface area contributed by atoms with Crippen molar-refractivity contribution in [1.29, 1.82) is 0 Å². The fraction of sp³-hybridized carbons (Fsp3) is 0.538. The van der Waals surface area contributed by atoms with E-state index in [1.54, 1.807) is 0 Å². The van der Waals surface area contributed by atoms with E-state index in [-0.39, 0.29) is 12.8 Å². The van der Waals surface area contributed by atoms with Gasteiger partial charge in [0, 0.05) is 6.42 Å². The van der Waals surface area contributed by atoms with Gasteiger partial charge < -0.3 is 0 Å². The lowest BCUT2D eigenvalue weighted by atomic mass is 10.1. The van der Waals surface area contributed by atoms with Gasteiger partial charge in [0.2, 0.25) is 9.84 Å². The van der Waals surface area contributed by atoms with Crippen molar-refractivity contribution in [1.82, 2.24) is 0 Å². The topological polar surface area (TPSA) is 34.1 Å². The number of hydrogen-bond acceptors (Lipinski definition) is 2. The Morgan fingerprint density at radius 2 is 1.44 bits per heavy atom. The summed E-state index contributed by atoms with van der Waals surface area (Å²) in [6, 6.07) is 0. The van der Waals surface area contributed by atoms with Crippen molar-refractivity contribution in [2.75, 3.05) is 0 Å². The van der Waals surface area contributed by atoms with Crippen LogP contribution in [-0.4, -0.2) is 18.9 Å². The third kappa shape index (κ3) is 4.37. The molecular formula is C13H20F2O2S. The first-order chi connectivity index (χ1) is 8.33. The number of sulfone groups is 1. The van der Waals surface area contributed by atoms with Crippen molar-refractivity contribution in [2.24, 2.45) is 0 Å². The average molecular weight is 278 g/mol. The molecule has 0 rings (SSSR count). The van der Waals surface area contributed by atoms with E-state index >= 15 is 0 Å². The van der Waals surface area contributed by atoms with Crippen LogP contribution in [0, 0.1) is 0 Å². The first-order valence-corrected chi connectivity index (χ1v) is 7.32. The van der Waals surface area contributed by atoms with E-state index in [2.05, 4.69) is 19.7 Å². The highest BCUT2D eigenvalue weighted by Gasteiger charge is 2.47. The second kappa shape index (κ2) is 7.46. The number of allylic oxidation sites excluding steroid dienone is 3. The van der Waals surface area contributed by atoms with Gasteiger partial charge in [0.1, 0.15) is 0 Å². The molecule has 0 radical (unpaired) electrons. The van der Waals surface area contributed by atoms with E-state index in [0.717, 1.165) is 6.08 Å². The molecule has 0 N–H and O–H groups in total. The molecule has 5 heteroatoms. The molecule has 0 aliphatic rings. The van der Waals surface area contributed by atoms with Gasteiger partial charge in [-0.15, -0.1) is 19.7 Å². The van der Waals surface area contributed by atoms with Crippen LogP contribution in [0.15, 0.2) is 38.0 Å². The van der Waals surface area contributed by atoms with Crippen LogP contribution in [-0.2, 0) is 9.84 Å². The zero-order chi connectivity index (χ0) is 14.2. The van der Waals surface area contributed by atoms with Crippen molar-refractivity contribution in [3.63, 3.8) is 0 Å². The van der Waals surface area contributed by atoms with Crippen molar-refractivity contribution in [3.05, 3.63) is 38.0 Å². The van der Waals surface area contributed by atoms with E-state index in [1.165, 1.54) is 12.2 Å². The van der Waals surface area contributed by atoms with Crippen LogP contribution in [0.3, 0.4) is 0 Å². The Morgan fingerprint density at radius 3 is 1.78 bits per heavy atom. The zero-order valence-electron chi connectivity index (χ0n) is 10.4. The van der Waals surface area contributed by atoms with E-state index < -0.39 is 26.8 Å². The third-order valence-electron chi connectivity index (χ3n) is 2.62. The quantitative estimate of drug-likeness (QED) is 0.568. The van der Waals surface area contributed by atoms with Gasteiger partial charge in [0.25, 0.3) is 0 Å². The number of alkyl halides is 2. The SMILES string of the molecule is C=CCCC(CCC=C)S(=O)(=O)C(F)(F)CC=C. The van der Waals surface area contributed by atoms with Gasteiger partial charge in [0.15, 0.2) is 0 Å². The highest BCUT2D eigenvalue weighted by atomic mass is 32.2. The molecule has 0 heterocycles. The molecule has 0 aromatic carbocycles. The van der Waals surface area contributed by atoms with Gasteiger partial charge in [-0.2, -0.15) is 8.78 Å². The van der Waals surface area contributed by atoms with Crippen molar-refractivity contribution in [2.45, 2.75) is 42.6 Å². The molecule has 2 nitrogen and oxygen atoms in total. The molecule has 0 atom stereocenters. The molecule has 104 valence electrons. The van der Waals surface area contributed by atoms with Gasteiger partial charge in [-0.05, 0) is 25.7 Å². The normalized spacial score (nSPS) is 12.4. The van der Waals surface area contributed by atoms with Crippen molar-refractivity contribution >= 4 is 9.84 Å². The molecule has 0 aliphatic carbocycles. The first kappa shape index (κ1) is 17.0. The molecule has 0 bridgehead atoms. The van der Waals surface area contributed by atoms with Crippen LogP contribution in [0.5, 0.6) is 0 Å². The summed E-state index contributed by atoms with van der Waals surface area (Å²) in [6.45, 7) is 10.1. The van der Waals surface area contributed by atoms with E-state index in [9.17, 15) is 17.2 Å². The number of rotatable bonds is 10. The third-order valence-corrected chi connectivity index (χ3v) is 4.97. The van der Waals surface area contributed by atoms with Gasteiger partial charge in [-0.3, -0.25) is 0 Å². The minimum Gasteiger partial charge on any atom is -0.222 e. The summed E-state index contributed by atoms with van der Waals surface area (Å²) in [6.07, 6.45) is 4.24. The Hall–Kier alpha value is -0.970. The Kier molecular flexibility index (Phi) is 7.06. The fourth-order valence-electron chi connectivity index (χ4n) is 1.59. The van der Waals surface area contributed by atoms with E-state index in [0.29, 0.717) is 12.8 Å². The van der Waals surface area contributed by atoms with Gasteiger partial charge in [-0.25, -0.2) is 8.42 Å². The molecule has 0 amide bonds. The molecule has 0 aromatic heterocycles. The van der Waals surface area contributed by atoms with Gasteiger partial charge >= 0.3 is 5.25 Å². The lowest BCUT2D eigenvalue weighted by Gasteiger charge is -2.22. The summed E-state index contributed by atoms with van der Waals surface area (Å²) < 4.78 is 51.0. The van der Waals surface area contributed by atoms with Crippen LogP contribution in [0.4, 0.5) is 8.78 Å². The number of halogens is 2. The second-order valence-electron chi connectivity index (χ2n) is 4.03. The molecule has 0 saturated heterocycles. The van der Waals surface area contributed by atoms with E-state index in [4.69, 9.17) is 0 Å². The van der Waals surface area contributed by atoms with Crippen LogP contribution in [0.25, 0.3) is 0 Å². The maximum Gasteiger partial charge on any atom is 0.349 e. The van der Waals surface area contributed by atoms with Gasteiger partial charge in [0.05, 0.1) is 5.25 Å². The standard InChI is InChI=1S/C13H20F2O2S/c1-4-7-9-12(10-8-5-2)18(16,17)13(14,15)11-6-3/h4-6,12H,1-3,7-11H2. The van der Waals surface area contributed by atoms with Crippen molar-refractivity contribution in [3.8, 4) is 0 Å². The molecule has 0 aromatic rings. The number of hydrogen-bond donors (Lipinski definition) is 0. The second-order valence-corrected chi connectivity index (χ2v) is 6.38. The van der Waals surface area contributed by atoms with Crippen LogP contribution in [0.2, 0.25) is 0 Å². The fourth-order valence-corrected chi connectivity index (χ4v) is 3.32. The minimum absolute atomic E-state index is 0.159. The van der Waals surface area contributed by atoms with E-state index in [1.807, 2.05) is 0 Å². The predicted molar refractivity (Wildman–Crippen MR) is 71.3 cm³/mol. The predicted octanol–water partition coefficient (Wildman–Crippen LogP) is 3.87. The zero-order valence-corrected chi connectivity index (χ0v) is 11.3. The Balaban J connectivity index is 5.09. The molecule has 0 saturated carbocycles. The van der Waals surface area contributed by atoms with Crippen molar-refractivity contribution < 1.29 is 17.2 Å². The Morgan fingerprint density at radius 1 is 1.00 bits per heavy atom. The maximum atomic E-state index is 13.6. The minimum atomic E-state index is -4.51. The molecular weight excluding hydrogens is 258 g/mol. The van der Waals surface area contributed by atoms with Crippen LogP contribution in [0.1, 0.15) is 32.1 Å². The Bertz CT molecular complexity index is 374. The first-order valence-electron chi connectivity index (χ1n) is 5.77. The van der Waals surface area contributed by atoms with Gasteiger partial charge in [-0.1, -0.05) is 18.2 Å². The smallest absolute Gasteiger partial charge is 0.222 e. The lowest BCUT2D eigenvalue weighted by molar-refractivity contribution is 0.0939. The summed E-state index contributed by atoms with van der Waals surface area (Å²) in [4.78, 5) is 0. The Labute approximate surface area is 108 Å². The molecule has 18 heavy (non-hydrogen) atoms. The largest absolute Gasteiger partial charge is 0.349 e. The molecule has 0 unspecified atom stereocenters. The van der Waals surface area contributed by atoms with Crippen LogP contribution < -0.4 is 0 Å². The summed E-state index contributed by atoms with van der Waals surface area (Å²) in [5.74, 6) is 0. The summed E-state index contributed by atoms with van der Waals surface area (Å²) in [5.41, 5.74) is 0. The summed E-state index contributed by atoms with van der Waals surface area (Å²) in [5, 5.41) is -4.81. The molecule has 0 aliphatic heterocycles.